The number of aromatic nitrogens is 1. The number of hydrogen-bond donors (Lipinski definition) is 0. The minimum atomic E-state index is -0.0351. The van der Waals surface area contributed by atoms with E-state index in [0.717, 1.165) is 78.0 Å². The van der Waals surface area contributed by atoms with Crippen LogP contribution in [0.5, 0.6) is 0 Å². The van der Waals surface area contributed by atoms with Crippen molar-refractivity contribution in [1.82, 2.24) is 24.6 Å². The second-order valence-electron chi connectivity index (χ2n) is 8.22. The molecule has 3 fully saturated rings. The highest BCUT2D eigenvalue weighted by Crippen LogP contribution is 2.22. The van der Waals surface area contributed by atoms with Gasteiger partial charge in [0.15, 0.2) is 0 Å². The van der Waals surface area contributed by atoms with Crippen molar-refractivity contribution in [3.05, 3.63) is 30.1 Å². The zero-order chi connectivity index (χ0) is 19.3. The van der Waals surface area contributed by atoms with Gasteiger partial charge in [0.25, 0.3) is 0 Å². The monoisotopic (exact) mass is 385 g/mol. The molecule has 0 aromatic carbocycles. The molecular formula is C21H31N5O2. The minimum Gasteiger partial charge on any atom is -0.340 e. The summed E-state index contributed by atoms with van der Waals surface area (Å²) in [5.74, 6) is 0.203. The normalized spacial score (nSPS) is 23.9. The lowest BCUT2D eigenvalue weighted by atomic mass is 9.96. The highest BCUT2D eigenvalue weighted by molar-refractivity contribution is 5.81. The molecule has 1 aromatic rings. The molecule has 1 aromatic heterocycles. The average Bonchev–Trinajstić information content (AvgIpc) is 3.29. The van der Waals surface area contributed by atoms with Gasteiger partial charge in [-0.3, -0.25) is 14.7 Å². The minimum absolute atomic E-state index is 0.0351. The van der Waals surface area contributed by atoms with Gasteiger partial charge in [0.1, 0.15) is 0 Å². The van der Waals surface area contributed by atoms with E-state index in [1.54, 1.807) is 0 Å². The van der Waals surface area contributed by atoms with Crippen LogP contribution in [0.4, 0.5) is 4.79 Å². The molecule has 3 amide bonds. The van der Waals surface area contributed by atoms with Gasteiger partial charge in [0, 0.05) is 71.3 Å². The first-order chi connectivity index (χ1) is 13.7. The number of pyridine rings is 1. The van der Waals surface area contributed by atoms with Crippen molar-refractivity contribution in [2.45, 2.75) is 32.2 Å². The van der Waals surface area contributed by atoms with E-state index in [2.05, 4.69) is 9.88 Å². The van der Waals surface area contributed by atoms with E-state index in [-0.39, 0.29) is 17.9 Å². The molecule has 0 aliphatic carbocycles. The van der Waals surface area contributed by atoms with Crippen molar-refractivity contribution < 1.29 is 9.59 Å². The quantitative estimate of drug-likeness (QED) is 0.794. The summed E-state index contributed by atoms with van der Waals surface area (Å²) in [5, 5.41) is 0. The van der Waals surface area contributed by atoms with Crippen molar-refractivity contribution in [1.29, 1.82) is 0 Å². The average molecular weight is 386 g/mol. The Morgan fingerprint density at radius 3 is 2.25 bits per heavy atom. The standard InChI is InChI=1S/C21H31N5O2/c27-20(19-4-3-11-26(17-19)21(28)25-9-1-2-10-25)24-14-12-23(13-15-24)16-18-5-7-22-8-6-18/h5-8,19H,1-4,9-17H2. The third-order valence-corrected chi connectivity index (χ3v) is 6.26. The third kappa shape index (κ3) is 4.46. The Balaban J connectivity index is 1.27. The first-order valence-corrected chi connectivity index (χ1v) is 10.6. The fourth-order valence-corrected chi connectivity index (χ4v) is 4.59. The first kappa shape index (κ1) is 19.2. The smallest absolute Gasteiger partial charge is 0.320 e. The van der Waals surface area contributed by atoms with Crippen LogP contribution in [0.3, 0.4) is 0 Å². The number of amides is 3. The van der Waals surface area contributed by atoms with Crippen LogP contribution < -0.4 is 0 Å². The number of piperidine rings is 1. The van der Waals surface area contributed by atoms with E-state index in [9.17, 15) is 9.59 Å². The number of rotatable bonds is 3. The molecule has 152 valence electrons. The Morgan fingerprint density at radius 2 is 1.54 bits per heavy atom. The number of carbonyl (C=O) groups excluding carboxylic acids is 2. The Bertz CT molecular complexity index is 669. The predicted octanol–water partition coefficient (Wildman–Crippen LogP) is 1.65. The lowest BCUT2D eigenvalue weighted by Gasteiger charge is -2.39. The summed E-state index contributed by atoms with van der Waals surface area (Å²) in [6.07, 6.45) is 7.69. The van der Waals surface area contributed by atoms with Gasteiger partial charge in [-0.05, 0) is 43.4 Å². The van der Waals surface area contributed by atoms with Crippen molar-refractivity contribution in [2.24, 2.45) is 5.92 Å². The summed E-state index contributed by atoms with van der Waals surface area (Å²) in [6, 6.07) is 4.23. The molecule has 0 spiro atoms. The molecule has 0 radical (unpaired) electrons. The summed E-state index contributed by atoms with van der Waals surface area (Å²) < 4.78 is 0. The lowest BCUT2D eigenvalue weighted by molar-refractivity contribution is -0.138. The third-order valence-electron chi connectivity index (χ3n) is 6.26. The second-order valence-corrected chi connectivity index (χ2v) is 8.22. The Hall–Kier alpha value is -2.15. The zero-order valence-electron chi connectivity index (χ0n) is 16.6. The van der Waals surface area contributed by atoms with Gasteiger partial charge in [-0.1, -0.05) is 0 Å². The molecule has 7 heteroatoms. The SMILES string of the molecule is O=C(C1CCCN(C(=O)N2CCCC2)C1)N1CCN(Cc2ccncc2)CC1. The Kier molecular flexibility index (Phi) is 6.10. The van der Waals surface area contributed by atoms with E-state index in [1.165, 1.54) is 5.56 Å². The first-order valence-electron chi connectivity index (χ1n) is 10.6. The fraction of sp³-hybridized carbons (Fsp3) is 0.667. The van der Waals surface area contributed by atoms with Gasteiger partial charge < -0.3 is 14.7 Å². The summed E-state index contributed by atoms with van der Waals surface area (Å²) in [5.41, 5.74) is 1.26. The van der Waals surface area contributed by atoms with E-state index in [0.29, 0.717) is 6.54 Å². The second kappa shape index (κ2) is 8.90. The molecule has 0 saturated carbocycles. The molecule has 28 heavy (non-hydrogen) atoms. The summed E-state index contributed by atoms with van der Waals surface area (Å²) in [7, 11) is 0. The van der Waals surface area contributed by atoms with Crippen LogP contribution in [0, 0.1) is 5.92 Å². The van der Waals surface area contributed by atoms with Crippen molar-refractivity contribution in [3.63, 3.8) is 0 Å². The van der Waals surface area contributed by atoms with Gasteiger partial charge in [-0.15, -0.1) is 0 Å². The molecule has 4 heterocycles. The topological polar surface area (TPSA) is 60.0 Å². The van der Waals surface area contributed by atoms with Gasteiger partial charge in [-0.2, -0.15) is 0 Å². The number of likely N-dealkylation sites (tertiary alicyclic amines) is 2. The van der Waals surface area contributed by atoms with E-state index < -0.39 is 0 Å². The molecule has 3 aliphatic heterocycles. The molecular weight excluding hydrogens is 354 g/mol. The van der Waals surface area contributed by atoms with Crippen molar-refractivity contribution >= 4 is 11.9 Å². The Morgan fingerprint density at radius 1 is 0.857 bits per heavy atom. The van der Waals surface area contributed by atoms with Crippen LogP contribution in [-0.2, 0) is 11.3 Å². The van der Waals surface area contributed by atoms with E-state index >= 15 is 0 Å². The Labute approximate surface area is 167 Å². The predicted molar refractivity (Wildman–Crippen MR) is 107 cm³/mol. The van der Waals surface area contributed by atoms with Crippen LogP contribution in [0.2, 0.25) is 0 Å². The van der Waals surface area contributed by atoms with Gasteiger partial charge in [0.05, 0.1) is 5.92 Å². The number of nitrogens with zero attached hydrogens (tertiary/aromatic N) is 5. The van der Waals surface area contributed by atoms with Crippen molar-refractivity contribution in [2.75, 3.05) is 52.4 Å². The highest BCUT2D eigenvalue weighted by Gasteiger charge is 2.34. The van der Waals surface area contributed by atoms with Crippen LogP contribution in [0.25, 0.3) is 0 Å². The summed E-state index contributed by atoms with van der Waals surface area (Å²) in [4.78, 5) is 38.1. The van der Waals surface area contributed by atoms with Crippen LogP contribution >= 0.6 is 0 Å². The number of carbonyl (C=O) groups is 2. The highest BCUT2D eigenvalue weighted by atomic mass is 16.2. The number of urea groups is 1. The molecule has 3 aliphatic rings. The van der Waals surface area contributed by atoms with Crippen LogP contribution in [0.1, 0.15) is 31.2 Å². The molecule has 0 bridgehead atoms. The van der Waals surface area contributed by atoms with Gasteiger partial charge in [0.2, 0.25) is 5.91 Å². The van der Waals surface area contributed by atoms with Gasteiger partial charge >= 0.3 is 6.03 Å². The maximum atomic E-state index is 13.1. The van der Waals surface area contributed by atoms with Crippen LogP contribution in [-0.4, -0.2) is 88.9 Å². The maximum Gasteiger partial charge on any atom is 0.320 e. The zero-order valence-corrected chi connectivity index (χ0v) is 16.6. The van der Waals surface area contributed by atoms with E-state index in [1.807, 2.05) is 39.2 Å². The van der Waals surface area contributed by atoms with E-state index in [4.69, 9.17) is 0 Å². The fourth-order valence-electron chi connectivity index (χ4n) is 4.59. The van der Waals surface area contributed by atoms with Crippen LogP contribution in [0.15, 0.2) is 24.5 Å². The summed E-state index contributed by atoms with van der Waals surface area (Å²) >= 11 is 0. The molecule has 4 rings (SSSR count). The number of hydrogen-bond acceptors (Lipinski definition) is 4. The molecule has 1 atom stereocenters. The maximum absolute atomic E-state index is 13.1. The molecule has 7 nitrogen and oxygen atoms in total. The largest absolute Gasteiger partial charge is 0.340 e. The molecule has 3 saturated heterocycles. The number of piperazine rings is 1. The molecule has 0 N–H and O–H groups in total. The summed E-state index contributed by atoms with van der Waals surface area (Å²) in [6.45, 7) is 7.38. The van der Waals surface area contributed by atoms with Gasteiger partial charge in [-0.25, -0.2) is 4.79 Å². The lowest BCUT2D eigenvalue weighted by Crippen LogP contribution is -2.54. The molecule has 1 unspecified atom stereocenters. The van der Waals surface area contributed by atoms with Crippen molar-refractivity contribution in [3.8, 4) is 0 Å².